The van der Waals surface area contributed by atoms with Crippen molar-refractivity contribution in [2.45, 2.75) is 36.1 Å². The highest BCUT2D eigenvalue weighted by atomic mass is 32.2. The summed E-state index contributed by atoms with van der Waals surface area (Å²) in [6, 6.07) is 22.2. The smallest absolute Gasteiger partial charge is 0.260 e. The Labute approximate surface area is 226 Å². The Bertz CT molecular complexity index is 1490. The molecule has 0 unspecified atom stereocenters. The molecule has 2 heterocycles. The molecule has 0 aliphatic carbocycles. The van der Waals surface area contributed by atoms with Crippen molar-refractivity contribution < 1.29 is 13.2 Å². The highest BCUT2D eigenvalue weighted by molar-refractivity contribution is 7.98. The lowest BCUT2D eigenvalue weighted by Crippen LogP contribution is -2.37. The zero-order chi connectivity index (χ0) is 26.0. The fourth-order valence-electron chi connectivity index (χ4n) is 4.48. The molecule has 0 bridgehead atoms. The van der Waals surface area contributed by atoms with E-state index in [0.717, 1.165) is 33.5 Å². The van der Waals surface area contributed by atoms with Crippen LogP contribution in [0.4, 0.5) is 5.13 Å². The lowest BCUT2D eigenvalue weighted by Gasteiger charge is -2.29. The minimum Gasteiger partial charge on any atom is -0.279 e. The predicted molar refractivity (Wildman–Crippen MR) is 152 cm³/mol. The van der Waals surface area contributed by atoms with E-state index in [2.05, 4.69) is 6.92 Å². The summed E-state index contributed by atoms with van der Waals surface area (Å²) < 4.78 is 28.9. The minimum absolute atomic E-state index is 0.218. The van der Waals surface area contributed by atoms with E-state index < -0.39 is 10.0 Å². The van der Waals surface area contributed by atoms with E-state index in [1.54, 1.807) is 45.2 Å². The van der Waals surface area contributed by atoms with E-state index in [0.29, 0.717) is 36.2 Å². The second-order valence-corrected chi connectivity index (χ2v) is 13.1. The number of anilines is 1. The highest BCUT2D eigenvalue weighted by Crippen LogP contribution is 2.35. The summed E-state index contributed by atoms with van der Waals surface area (Å²) in [6.07, 6.45) is 3.75. The van der Waals surface area contributed by atoms with Crippen LogP contribution >= 0.6 is 23.1 Å². The molecular weight excluding hydrogens is 523 g/mol. The molecule has 1 aliphatic rings. The van der Waals surface area contributed by atoms with Crippen LogP contribution in [0.2, 0.25) is 0 Å². The molecule has 0 N–H and O–H groups in total. The predicted octanol–water partition coefficient (Wildman–Crippen LogP) is 6.29. The van der Waals surface area contributed by atoms with E-state index in [4.69, 9.17) is 4.98 Å². The summed E-state index contributed by atoms with van der Waals surface area (Å²) >= 11 is 3.11. The van der Waals surface area contributed by atoms with Gasteiger partial charge in [-0.15, -0.1) is 11.8 Å². The average molecular weight is 552 g/mol. The number of aromatic nitrogens is 1. The van der Waals surface area contributed by atoms with Gasteiger partial charge in [-0.05, 0) is 67.0 Å². The molecule has 0 spiro atoms. The fourth-order valence-corrected chi connectivity index (χ4v) is 7.57. The SMILES string of the molecule is CSc1cccc2sc(N(Cc3ccccc3)C(=O)c3ccc(S(=O)(=O)N4CCC(C)CC4)cc3)nc12. The summed E-state index contributed by atoms with van der Waals surface area (Å²) in [5, 5.41) is 0.615. The van der Waals surface area contributed by atoms with Crippen molar-refractivity contribution >= 4 is 54.4 Å². The molecule has 5 rings (SSSR count). The number of carbonyl (C=O) groups is 1. The number of nitrogens with zero attached hydrogens (tertiary/aromatic N) is 3. The first-order chi connectivity index (χ1) is 17.9. The Morgan fingerprint density at radius 1 is 1.03 bits per heavy atom. The standard InChI is InChI=1S/C28H29N3O3S3/c1-20-15-17-30(18-16-20)37(33,34)23-13-11-22(12-14-23)27(32)31(19-21-7-4-3-5-8-21)28-29-26-24(35-2)9-6-10-25(26)36-28/h3-14,20H,15-19H2,1-2H3. The van der Waals surface area contributed by atoms with E-state index in [1.165, 1.54) is 11.3 Å². The van der Waals surface area contributed by atoms with E-state index in [9.17, 15) is 13.2 Å². The van der Waals surface area contributed by atoms with Crippen LogP contribution in [-0.2, 0) is 16.6 Å². The molecule has 1 amide bonds. The van der Waals surface area contributed by atoms with Gasteiger partial charge in [-0.1, -0.05) is 54.7 Å². The number of fused-ring (bicyclic) bond motifs is 1. The normalized spacial score (nSPS) is 15.2. The van der Waals surface area contributed by atoms with E-state index in [1.807, 2.05) is 54.8 Å². The van der Waals surface area contributed by atoms with Gasteiger partial charge in [0.15, 0.2) is 5.13 Å². The number of para-hydroxylation sites is 1. The first kappa shape index (κ1) is 25.9. The van der Waals surface area contributed by atoms with Crippen LogP contribution in [0.1, 0.15) is 35.7 Å². The number of amides is 1. The Kier molecular flexibility index (Phi) is 7.67. The number of benzene rings is 3. The minimum atomic E-state index is -3.58. The van der Waals surface area contributed by atoms with Crippen LogP contribution in [0, 0.1) is 5.92 Å². The maximum atomic E-state index is 13.8. The topological polar surface area (TPSA) is 70.6 Å². The van der Waals surface area contributed by atoms with E-state index >= 15 is 0 Å². The second-order valence-electron chi connectivity index (χ2n) is 9.29. The molecule has 192 valence electrons. The van der Waals surface area contributed by atoms with Gasteiger partial charge in [0.1, 0.15) is 0 Å². The summed E-state index contributed by atoms with van der Waals surface area (Å²) in [7, 11) is -3.58. The van der Waals surface area contributed by atoms with Crippen molar-refractivity contribution in [3.63, 3.8) is 0 Å². The molecule has 3 aromatic carbocycles. The largest absolute Gasteiger partial charge is 0.279 e. The Morgan fingerprint density at radius 2 is 1.73 bits per heavy atom. The average Bonchev–Trinajstić information content (AvgIpc) is 3.36. The van der Waals surface area contributed by atoms with Crippen molar-refractivity contribution in [1.82, 2.24) is 9.29 Å². The highest BCUT2D eigenvalue weighted by Gasteiger charge is 2.29. The third kappa shape index (κ3) is 5.45. The number of carbonyl (C=O) groups excluding carboxylic acids is 1. The number of hydrogen-bond acceptors (Lipinski definition) is 6. The van der Waals surface area contributed by atoms with Crippen LogP contribution in [-0.4, -0.2) is 43.0 Å². The number of thiazole rings is 1. The van der Waals surface area contributed by atoms with Gasteiger partial charge < -0.3 is 0 Å². The number of thioether (sulfide) groups is 1. The first-order valence-corrected chi connectivity index (χ1v) is 15.7. The lowest BCUT2D eigenvalue weighted by molar-refractivity contribution is 0.0985. The third-order valence-electron chi connectivity index (χ3n) is 6.73. The molecule has 6 nitrogen and oxygen atoms in total. The van der Waals surface area contributed by atoms with Crippen molar-refractivity contribution in [1.29, 1.82) is 0 Å². The van der Waals surface area contributed by atoms with Gasteiger partial charge >= 0.3 is 0 Å². The van der Waals surface area contributed by atoms with Gasteiger partial charge in [0.2, 0.25) is 10.0 Å². The van der Waals surface area contributed by atoms with Crippen LogP contribution in [0.5, 0.6) is 0 Å². The lowest BCUT2D eigenvalue weighted by atomic mass is 10.0. The van der Waals surface area contributed by atoms with Crippen LogP contribution in [0.3, 0.4) is 0 Å². The Hall–Kier alpha value is -2.72. The molecule has 1 saturated heterocycles. The van der Waals surface area contributed by atoms with Crippen LogP contribution in [0.15, 0.2) is 82.6 Å². The van der Waals surface area contributed by atoms with Gasteiger partial charge in [-0.2, -0.15) is 4.31 Å². The molecule has 4 aromatic rings. The maximum absolute atomic E-state index is 13.8. The van der Waals surface area contributed by atoms with Crippen LogP contribution in [0.25, 0.3) is 10.2 Å². The molecule has 0 atom stereocenters. The summed E-state index contributed by atoms with van der Waals surface area (Å²) in [6.45, 7) is 3.58. The first-order valence-electron chi connectivity index (χ1n) is 12.3. The Morgan fingerprint density at radius 3 is 2.41 bits per heavy atom. The third-order valence-corrected chi connectivity index (χ3v) is 10.5. The number of hydrogen-bond donors (Lipinski definition) is 0. The van der Waals surface area contributed by atoms with Gasteiger partial charge in [0.25, 0.3) is 5.91 Å². The summed E-state index contributed by atoms with van der Waals surface area (Å²) in [5.41, 5.74) is 2.29. The molecule has 1 aromatic heterocycles. The summed E-state index contributed by atoms with van der Waals surface area (Å²) in [4.78, 5) is 21.6. The monoisotopic (exact) mass is 551 g/mol. The van der Waals surface area contributed by atoms with E-state index in [-0.39, 0.29) is 10.8 Å². The maximum Gasteiger partial charge on any atom is 0.260 e. The van der Waals surface area contributed by atoms with Crippen LogP contribution < -0.4 is 4.90 Å². The van der Waals surface area contributed by atoms with Crippen molar-refractivity contribution in [3.05, 3.63) is 83.9 Å². The number of sulfonamides is 1. The van der Waals surface area contributed by atoms with Gasteiger partial charge in [0.05, 0.1) is 21.7 Å². The molecular formula is C28H29N3O3S3. The summed E-state index contributed by atoms with van der Waals surface area (Å²) in [5.74, 6) is 0.320. The quantitative estimate of drug-likeness (QED) is 0.253. The van der Waals surface area contributed by atoms with Crippen molar-refractivity contribution in [3.8, 4) is 0 Å². The van der Waals surface area contributed by atoms with Crippen molar-refractivity contribution in [2.24, 2.45) is 5.92 Å². The van der Waals surface area contributed by atoms with Crippen molar-refractivity contribution in [2.75, 3.05) is 24.2 Å². The van der Waals surface area contributed by atoms with Gasteiger partial charge in [-0.25, -0.2) is 13.4 Å². The fraction of sp³-hybridized carbons (Fsp3) is 0.286. The second kappa shape index (κ2) is 10.9. The number of rotatable bonds is 7. The van der Waals surface area contributed by atoms with Gasteiger partial charge in [0, 0.05) is 23.5 Å². The molecule has 9 heteroatoms. The zero-order valence-electron chi connectivity index (χ0n) is 20.8. The molecule has 0 saturated carbocycles. The molecule has 37 heavy (non-hydrogen) atoms. The Balaban J connectivity index is 1.46. The molecule has 0 radical (unpaired) electrons. The zero-order valence-corrected chi connectivity index (χ0v) is 23.3. The number of piperidine rings is 1. The molecule has 1 fully saturated rings. The molecule has 1 aliphatic heterocycles. The van der Waals surface area contributed by atoms with Gasteiger partial charge in [-0.3, -0.25) is 9.69 Å².